The van der Waals surface area contributed by atoms with Crippen molar-refractivity contribution in [3.05, 3.63) is 66.1 Å². The van der Waals surface area contributed by atoms with Crippen LogP contribution < -0.4 is 16.4 Å². The number of nitrogens with two attached hydrogens (primary N) is 1. The van der Waals surface area contributed by atoms with Crippen LogP contribution in [0.4, 0.5) is 10.5 Å². The number of fused-ring (bicyclic) bond motifs is 1. The number of urea groups is 1. The third-order valence-corrected chi connectivity index (χ3v) is 3.71. The van der Waals surface area contributed by atoms with Crippen LogP contribution in [0.1, 0.15) is 11.3 Å². The fourth-order valence-corrected chi connectivity index (χ4v) is 2.56. The Morgan fingerprint density at radius 2 is 1.92 bits per heavy atom. The second kappa shape index (κ2) is 7.48. The molecule has 0 spiro atoms. The quantitative estimate of drug-likeness (QED) is 0.638. The van der Waals surface area contributed by atoms with Crippen molar-refractivity contribution >= 4 is 23.3 Å². The van der Waals surface area contributed by atoms with E-state index in [-0.39, 0.29) is 12.5 Å². The molecule has 25 heavy (non-hydrogen) atoms. The molecule has 7 heteroatoms. The summed E-state index contributed by atoms with van der Waals surface area (Å²) in [7, 11) is 0. The van der Waals surface area contributed by atoms with Crippen LogP contribution in [0.3, 0.4) is 0 Å². The SMILES string of the molecule is NC(=O)Cc1ccccc1NC(=O)NCCc1cn2ccccc2n1. The number of nitrogens with zero attached hydrogens (tertiary/aromatic N) is 2. The standard InChI is InChI=1S/C18H19N5O2/c19-16(24)11-13-5-1-2-6-15(13)22-18(25)20-9-8-14-12-23-10-4-3-7-17(23)21-14/h1-7,10,12H,8-9,11H2,(H2,19,24)(H2,20,22,25). The Morgan fingerprint density at radius 1 is 1.12 bits per heavy atom. The summed E-state index contributed by atoms with van der Waals surface area (Å²) in [6, 6.07) is 12.5. The maximum absolute atomic E-state index is 12.0. The minimum absolute atomic E-state index is 0.0811. The van der Waals surface area contributed by atoms with Crippen LogP contribution in [0.2, 0.25) is 0 Å². The van der Waals surface area contributed by atoms with Crippen LogP contribution in [-0.2, 0) is 17.6 Å². The van der Waals surface area contributed by atoms with Crippen molar-refractivity contribution < 1.29 is 9.59 Å². The van der Waals surface area contributed by atoms with E-state index in [4.69, 9.17) is 5.73 Å². The van der Waals surface area contributed by atoms with Crippen molar-refractivity contribution in [2.24, 2.45) is 5.73 Å². The molecule has 0 aliphatic carbocycles. The summed E-state index contributed by atoms with van der Waals surface area (Å²) in [5, 5.41) is 5.53. The number of amides is 3. The summed E-state index contributed by atoms with van der Waals surface area (Å²) in [5.41, 5.74) is 8.27. The molecule has 0 radical (unpaired) electrons. The van der Waals surface area contributed by atoms with E-state index in [0.717, 1.165) is 11.3 Å². The summed E-state index contributed by atoms with van der Waals surface area (Å²) >= 11 is 0. The number of carbonyl (C=O) groups excluding carboxylic acids is 2. The molecule has 0 atom stereocenters. The van der Waals surface area contributed by atoms with Crippen molar-refractivity contribution in [1.82, 2.24) is 14.7 Å². The first kappa shape index (κ1) is 16.5. The van der Waals surface area contributed by atoms with E-state index >= 15 is 0 Å². The number of nitrogens with one attached hydrogen (secondary N) is 2. The van der Waals surface area contributed by atoms with Crippen LogP contribution in [0, 0.1) is 0 Å². The van der Waals surface area contributed by atoms with Gasteiger partial charge in [0.15, 0.2) is 0 Å². The third-order valence-electron chi connectivity index (χ3n) is 3.71. The number of benzene rings is 1. The van der Waals surface area contributed by atoms with Crippen molar-refractivity contribution in [1.29, 1.82) is 0 Å². The minimum Gasteiger partial charge on any atom is -0.369 e. The highest BCUT2D eigenvalue weighted by atomic mass is 16.2. The number of primary amides is 1. The van der Waals surface area contributed by atoms with Crippen molar-refractivity contribution in [2.45, 2.75) is 12.8 Å². The lowest BCUT2D eigenvalue weighted by Crippen LogP contribution is -2.31. The molecule has 128 valence electrons. The minimum atomic E-state index is -0.443. The second-order valence-electron chi connectivity index (χ2n) is 5.63. The summed E-state index contributed by atoms with van der Waals surface area (Å²) < 4.78 is 1.94. The van der Waals surface area contributed by atoms with Crippen molar-refractivity contribution in [3.63, 3.8) is 0 Å². The zero-order chi connectivity index (χ0) is 17.6. The molecular weight excluding hydrogens is 318 g/mol. The fourth-order valence-electron chi connectivity index (χ4n) is 2.56. The smallest absolute Gasteiger partial charge is 0.319 e. The third kappa shape index (κ3) is 4.35. The van der Waals surface area contributed by atoms with E-state index in [0.29, 0.717) is 24.2 Å². The van der Waals surface area contributed by atoms with E-state index < -0.39 is 5.91 Å². The van der Waals surface area contributed by atoms with E-state index in [1.807, 2.05) is 35.0 Å². The van der Waals surface area contributed by atoms with Crippen molar-refractivity contribution in [2.75, 3.05) is 11.9 Å². The van der Waals surface area contributed by atoms with Crippen LogP contribution in [0.25, 0.3) is 5.65 Å². The van der Waals surface area contributed by atoms with Gasteiger partial charge in [0.1, 0.15) is 5.65 Å². The van der Waals surface area contributed by atoms with Crippen molar-refractivity contribution in [3.8, 4) is 0 Å². The average molecular weight is 337 g/mol. The Bertz CT molecular complexity index is 870. The Kier molecular flexibility index (Phi) is 4.94. The van der Waals surface area contributed by atoms with Gasteiger partial charge in [0.2, 0.25) is 5.91 Å². The second-order valence-corrected chi connectivity index (χ2v) is 5.63. The molecule has 3 aromatic rings. The van der Waals surface area contributed by atoms with Gasteiger partial charge in [-0.1, -0.05) is 24.3 Å². The van der Waals surface area contributed by atoms with Gasteiger partial charge < -0.3 is 20.8 Å². The molecule has 0 unspecified atom stereocenters. The Labute approximate surface area is 144 Å². The zero-order valence-electron chi connectivity index (χ0n) is 13.6. The first-order valence-corrected chi connectivity index (χ1v) is 7.95. The normalized spacial score (nSPS) is 10.6. The molecule has 4 N–H and O–H groups in total. The van der Waals surface area contributed by atoms with E-state index in [1.165, 1.54) is 0 Å². The van der Waals surface area contributed by atoms with Gasteiger partial charge in [-0.15, -0.1) is 0 Å². The lowest BCUT2D eigenvalue weighted by molar-refractivity contribution is -0.117. The first-order valence-electron chi connectivity index (χ1n) is 7.95. The van der Waals surface area contributed by atoms with E-state index in [9.17, 15) is 9.59 Å². The number of carbonyl (C=O) groups is 2. The van der Waals surface area contributed by atoms with Crippen LogP contribution in [0.15, 0.2) is 54.9 Å². The Morgan fingerprint density at radius 3 is 2.72 bits per heavy atom. The van der Waals surface area contributed by atoms with Gasteiger partial charge in [-0.25, -0.2) is 9.78 Å². The van der Waals surface area contributed by atoms with Gasteiger partial charge in [-0.3, -0.25) is 4.79 Å². The lowest BCUT2D eigenvalue weighted by atomic mass is 10.1. The maximum Gasteiger partial charge on any atom is 0.319 e. The molecule has 0 aliphatic heterocycles. The predicted molar refractivity (Wildman–Crippen MR) is 95.3 cm³/mol. The molecule has 2 aromatic heterocycles. The average Bonchev–Trinajstić information content (AvgIpc) is 2.99. The molecule has 1 aromatic carbocycles. The van der Waals surface area contributed by atoms with Gasteiger partial charge in [-0.05, 0) is 23.8 Å². The number of aromatic nitrogens is 2. The number of rotatable bonds is 6. The van der Waals surface area contributed by atoms with Crippen LogP contribution in [0.5, 0.6) is 0 Å². The molecule has 0 saturated heterocycles. The highest BCUT2D eigenvalue weighted by Gasteiger charge is 2.08. The predicted octanol–water partition coefficient (Wildman–Crippen LogP) is 1.73. The topological polar surface area (TPSA) is 102 Å². The van der Waals surface area contributed by atoms with Crippen LogP contribution in [-0.4, -0.2) is 27.9 Å². The highest BCUT2D eigenvalue weighted by Crippen LogP contribution is 2.15. The van der Waals surface area contributed by atoms with Gasteiger partial charge >= 0.3 is 6.03 Å². The number of hydrogen-bond acceptors (Lipinski definition) is 3. The monoisotopic (exact) mass is 337 g/mol. The number of para-hydroxylation sites is 1. The maximum atomic E-state index is 12.0. The fraction of sp³-hybridized carbons (Fsp3) is 0.167. The summed E-state index contributed by atoms with van der Waals surface area (Å²) in [4.78, 5) is 27.6. The van der Waals surface area contributed by atoms with Gasteiger partial charge in [-0.2, -0.15) is 0 Å². The number of pyridine rings is 1. The van der Waals surface area contributed by atoms with Gasteiger partial charge in [0.05, 0.1) is 12.1 Å². The van der Waals surface area contributed by atoms with Crippen LogP contribution >= 0.6 is 0 Å². The lowest BCUT2D eigenvalue weighted by Gasteiger charge is -2.10. The van der Waals surface area contributed by atoms with Gasteiger partial charge in [0.25, 0.3) is 0 Å². The highest BCUT2D eigenvalue weighted by molar-refractivity contribution is 5.91. The first-order chi connectivity index (χ1) is 12.1. The molecule has 3 rings (SSSR count). The molecule has 0 saturated carbocycles. The zero-order valence-corrected chi connectivity index (χ0v) is 13.6. The molecule has 0 aliphatic rings. The summed E-state index contributed by atoms with van der Waals surface area (Å²) in [6.45, 7) is 0.452. The molecule has 7 nitrogen and oxygen atoms in total. The van der Waals surface area contributed by atoms with E-state index in [1.54, 1.807) is 24.3 Å². The molecule has 0 fully saturated rings. The molecule has 2 heterocycles. The summed E-state index contributed by atoms with van der Waals surface area (Å²) in [5.74, 6) is -0.443. The molecule has 0 bridgehead atoms. The largest absolute Gasteiger partial charge is 0.369 e. The summed E-state index contributed by atoms with van der Waals surface area (Å²) in [6.07, 6.45) is 4.58. The van der Waals surface area contributed by atoms with Gasteiger partial charge in [0, 0.05) is 31.0 Å². The number of anilines is 1. The van der Waals surface area contributed by atoms with E-state index in [2.05, 4.69) is 15.6 Å². The Balaban J connectivity index is 1.54. The molecule has 3 amide bonds. The number of hydrogen-bond donors (Lipinski definition) is 3. The molecular formula is C18H19N5O2. The number of imidazole rings is 1. The Hall–Kier alpha value is -3.35.